The second-order valence-electron chi connectivity index (χ2n) is 7.52. The molecule has 0 saturated carbocycles. The van der Waals surface area contributed by atoms with Gasteiger partial charge in [-0.1, -0.05) is 48.0 Å². The first-order chi connectivity index (χ1) is 13.9. The molecule has 1 spiro atoms. The van der Waals surface area contributed by atoms with Crippen LogP contribution in [0.5, 0.6) is 0 Å². The highest BCUT2D eigenvalue weighted by atomic mass is 32.2. The molecule has 2 aliphatic rings. The summed E-state index contributed by atoms with van der Waals surface area (Å²) in [5.41, 5.74) is 2.58. The first-order valence-electron chi connectivity index (χ1n) is 9.54. The number of methoxy groups -OCH3 is 1. The van der Waals surface area contributed by atoms with Gasteiger partial charge in [0.05, 0.1) is 17.7 Å². The van der Waals surface area contributed by atoms with Crippen LogP contribution in [0.1, 0.15) is 24.0 Å². The zero-order valence-corrected chi connectivity index (χ0v) is 17.3. The average Bonchev–Trinajstić information content (AvgIpc) is 3.19. The van der Waals surface area contributed by atoms with E-state index in [9.17, 15) is 13.2 Å². The van der Waals surface area contributed by atoms with Crippen molar-refractivity contribution in [1.82, 2.24) is 0 Å². The standard InChI is InChI=1S/C23H23NO4S/c1-17-9-11-18(12-10-17)29(26,27)24-16-23(13-5-6-14-23)20(15-22(25)28-2)19-7-3-4-8-21(19)24/h3-5,7-13,15H,6,14,16H2,1-2H3/b20-15+/t23-/m1/s1. The fourth-order valence-corrected chi connectivity index (χ4v) is 5.71. The second kappa shape index (κ2) is 7.19. The van der Waals surface area contributed by atoms with Crippen molar-refractivity contribution in [3.05, 3.63) is 77.9 Å². The van der Waals surface area contributed by atoms with E-state index in [1.807, 2.05) is 31.2 Å². The Balaban J connectivity index is 1.92. The van der Waals surface area contributed by atoms with E-state index in [4.69, 9.17) is 4.74 Å². The van der Waals surface area contributed by atoms with Crippen molar-refractivity contribution >= 4 is 27.3 Å². The Labute approximate surface area is 171 Å². The molecule has 29 heavy (non-hydrogen) atoms. The molecule has 4 rings (SSSR count). The number of allylic oxidation sites excluding steroid dienone is 1. The molecule has 150 valence electrons. The molecule has 0 saturated heterocycles. The number of nitrogens with zero attached hydrogens (tertiary/aromatic N) is 1. The molecule has 0 N–H and O–H groups in total. The molecular formula is C23H23NO4S. The van der Waals surface area contributed by atoms with Crippen LogP contribution in [0.4, 0.5) is 5.69 Å². The summed E-state index contributed by atoms with van der Waals surface area (Å²) in [6.07, 6.45) is 7.17. The summed E-state index contributed by atoms with van der Waals surface area (Å²) in [7, 11) is -2.41. The maximum Gasteiger partial charge on any atom is 0.330 e. The van der Waals surface area contributed by atoms with Crippen LogP contribution in [0.15, 0.2) is 71.7 Å². The van der Waals surface area contributed by atoms with E-state index < -0.39 is 21.4 Å². The summed E-state index contributed by atoms with van der Waals surface area (Å²) in [6.45, 7) is 2.17. The molecule has 0 radical (unpaired) electrons. The zero-order chi connectivity index (χ0) is 20.6. The minimum atomic E-state index is -3.76. The highest BCUT2D eigenvalue weighted by Gasteiger charge is 2.45. The monoisotopic (exact) mass is 409 g/mol. The number of para-hydroxylation sites is 1. The van der Waals surface area contributed by atoms with Gasteiger partial charge in [-0.15, -0.1) is 0 Å². The largest absolute Gasteiger partial charge is 0.466 e. The Morgan fingerprint density at radius 3 is 2.52 bits per heavy atom. The van der Waals surface area contributed by atoms with E-state index in [1.165, 1.54) is 17.5 Å². The van der Waals surface area contributed by atoms with Gasteiger partial charge < -0.3 is 4.74 Å². The second-order valence-corrected chi connectivity index (χ2v) is 9.38. The first-order valence-corrected chi connectivity index (χ1v) is 11.0. The summed E-state index contributed by atoms with van der Waals surface area (Å²) in [6, 6.07) is 14.2. The van der Waals surface area contributed by atoms with Gasteiger partial charge in [0.15, 0.2) is 0 Å². The first kappa shape index (κ1) is 19.5. The van der Waals surface area contributed by atoms with Crippen LogP contribution in [-0.4, -0.2) is 28.0 Å². The number of aryl methyl sites for hydroxylation is 1. The molecule has 6 heteroatoms. The lowest BCUT2D eigenvalue weighted by atomic mass is 9.73. The van der Waals surface area contributed by atoms with Gasteiger partial charge in [-0.25, -0.2) is 13.2 Å². The van der Waals surface area contributed by atoms with Crippen molar-refractivity contribution in [2.24, 2.45) is 5.41 Å². The van der Waals surface area contributed by atoms with Gasteiger partial charge >= 0.3 is 5.97 Å². The van der Waals surface area contributed by atoms with Gasteiger partial charge in [0.2, 0.25) is 0 Å². The van der Waals surface area contributed by atoms with E-state index in [2.05, 4.69) is 6.08 Å². The van der Waals surface area contributed by atoms with E-state index in [0.717, 1.165) is 29.5 Å². The fourth-order valence-electron chi connectivity index (χ4n) is 4.15. The number of esters is 1. The highest BCUT2D eigenvalue weighted by molar-refractivity contribution is 7.92. The van der Waals surface area contributed by atoms with E-state index >= 15 is 0 Å². The van der Waals surface area contributed by atoms with Gasteiger partial charge in [-0.2, -0.15) is 0 Å². The van der Waals surface area contributed by atoms with E-state index in [0.29, 0.717) is 5.69 Å². The lowest BCUT2D eigenvalue weighted by Gasteiger charge is -2.43. The highest BCUT2D eigenvalue weighted by Crippen LogP contribution is 2.52. The molecule has 0 fully saturated rings. The number of ether oxygens (including phenoxy) is 1. The van der Waals surface area contributed by atoms with Gasteiger partial charge in [0.25, 0.3) is 10.0 Å². The molecule has 0 unspecified atom stereocenters. The molecule has 1 aliphatic heterocycles. The minimum Gasteiger partial charge on any atom is -0.466 e. The maximum atomic E-state index is 13.6. The number of rotatable bonds is 3. The number of hydrogen-bond donors (Lipinski definition) is 0. The third-order valence-electron chi connectivity index (χ3n) is 5.69. The number of carbonyl (C=O) groups is 1. The molecule has 0 amide bonds. The van der Waals surface area contributed by atoms with Crippen molar-refractivity contribution in [2.75, 3.05) is 18.0 Å². The van der Waals surface area contributed by atoms with Gasteiger partial charge in [-0.05, 0) is 43.5 Å². The number of fused-ring (bicyclic) bond motifs is 1. The Hall–Kier alpha value is -2.86. The quantitative estimate of drug-likeness (QED) is 0.435. The number of benzene rings is 2. The van der Waals surface area contributed by atoms with Crippen LogP contribution in [0.2, 0.25) is 0 Å². The van der Waals surface area contributed by atoms with Crippen LogP contribution in [-0.2, 0) is 19.6 Å². The van der Waals surface area contributed by atoms with Crippen LogP contribution in [0.25, 0.3) is 5.57 Å². The Morgan fingerprint density at radius 2 is 1.86 bits per heavy atom. The number of hydrogen-bond acceptors (Lipinski definition) is 4. The number of anilines is 1. The van der Waals surface area contributed by atoms with Crippen molar-refractivity contribution < 1.29 is 17.9 Å². The summed E-state index contributed by atoms with van der Waals surface area (Å²) in [5, 5.41) is 0. The minimum absolute atomic E-state index is 0.250. The molecule has 5 nitrogen and oxygen atoms in total. The van der Waals surface area contributed by atoms with Gasteiger partial charge in [-0.3, -0.25) is 4.31 Å². The van der Waals surface area contributed by atoms with Crippen molar-refractivity contribution in [3.8, 4) is 0 Å². The lowest BCUT2D eigenvalue weighted by Crippen LogP contribution is -2.44. The predicted octanol–water partition coefficient (Wildman–Crippen LogP) is 4.10. The summed E-state index contributed by atoms with van der Waals surface area (Å²) < 4.78 is 33.5. The van der Waals surface area contributed by atoms with Crippen molar-refractivity contribution in [1.29, 1.82) is 0 Å². The number of sulfonamides is 1. The normalized spacial score (nSPS) is 22.1. The van der Waals surface area contributed by atoms with Crippen LogP contribution in [0, 0.1) is 12.3 Å². The maximum absolute atomic E-state index is 13.6. The summed E-state index contributed by atoms with van der Waals surface area (Å²) >= 11 is 0. The fraction of sp³-hybridized carbons (Fsp3) is 0.261. The molecule has 1 heterocycles. The van der Waals surface area contributed by atoms with Crippen molar-refractivity contribution in [2.45, 2.75) is 24.7 Å². The average molecular weight is 410 g/mol. The third-order valence-corrected chi connectivity index (χ3v) is 7.47. The molecule has 1 aliphatic carbocycles. The molecule has 2 aromatic carbocycles. The summed E-state index contributed by atoms with van der Waals surface area (Å²) in [5.74, 6) is -0.440. The van der Waals surface area contributed by atoms with Gasteiger partial charge in [0.1, 0.15) is 0 Å². The topological polar surface area (TPSA) is 63.7 Å². The van der Waals surface area contributed by atoms with E-state index in [1.54, 1.807) is 30.3 Å². The molecule has 0 bridgehead atoms. The molecule has 0 aromatic heterocycles. The lowest BCUT2D eigenvalue weighted by molar-refractivity contribution is -0.134. The Bertz CT molecular complexity index is 1120. The zero-order valence-electron chi connectivity index (χ0n) is 16.5. The molecular weight excluding hydrogens is 386 g/mol. The van der Waals surface area contributed by atoms with Crippen LogP contribution >= 0.6 is 0 Å². The van der Waals surface area contributed by atoms with E-state index in [-0.39, 0.29) is 11.4 Å². The third kappa shape index (κ3) is 3.27. The Kier molecular flexibility index (Phi) is 4.82. The summed E-state index contributed by atoms with van der Waals surface area (Å²) in [4.78, 5) is 12.4. The van der Waals surface area contributed by atoms with Crippen molar-refractivity contribution in [3.63, 3.8) is 0 Å². The SMILES string of the molecule is COC(=O)/C=C1\c2ccccc2N(S(=O)(=O)c2ccc(C)cc2)C[C@]12C=CCC2. The Morgan fingerprint density at radius 1 is 1.14 bits per heavy atom. The smallest absolute Gasteiger partial charge is 0.330 e. The molecule has 2 aromatic rings. The van der Waals surface area contributed by atoms with Crippen LogP contribution in [0.3, 0.4) is 0 Å². The molecule has 1 atom stereocenters. The number of carbonyl (C=O) groups excluding carboxylic acids is 1. The van der Waals surface area contributed by atoms with Crippen LogP contribution < -0.4 is 4.31 Å². The predicted molar refractivity (Wildman–Crippen MR) is 113 cm³/mol. The van der Waals surface area contributed by atoms with Gasteiger partial charge in [0, 0.05) is 23.6 Å².